The topological polar surface area (TPSA) is 642 Å². The summed E-state index contributed by atoms with van der Waals surface area (Å²) in [6, 6.07) is -2.80. The number of rotatable bonds is 50. The molecule has 1 heterocycles. The third-order valence-corrected chi connectivity index (χ3v) is 20.8. The van der Waals surface area contributed by atoms with Gasteiger partial charge >= 0.3 is 0 Å². The summed E-state index contributed by atoms with van der Waals surface area (Å²) in [7, 11) is 0. The molecule has 0 radical (unpaired) electrons. The smallest absolute Gasteiger partial charge is 0.248 e. The van der Waals surface area contributed by atoms with Gasteiger partial charge in [-0.25, -0.2) is 0 Å². The highest BCUT2D eigenvalue weighted by Gasteiger charge is 2.48. The number of nitrogens with one attached hydrogen (secondary N) is 17. The summed E-state index contributed by atoms with van der Waals surface area (Å²) in [5, 5.41) is 63.3. The fourth-order valence-corrected chi connectivity index (χ4v) is 12.8. The quantitative estimate of drug-likeness (QED) is 0.0296. The zero-order chi connectivity index (χ0) is 97.1. The lowest BCUT2D eigenvalue weighted by Gasteiger charge is -2.35. The van der Waals surface area contributed by atoms with E-state index in [2.05, 4.69) is 90.4 Å². The van der Waals surface area contributed by atoms with E-state index in [0.717, 1.165) is 5.56 Å². The van der Waals surface area contributed by atoms with Gasteiger partial charge in [0.15, 0.2) is 0 Å². The summed E-state index contributed by atoms with van der Waals surface area (Å²) in [5.41, 5.74) is -2.48. The van der Waals surface area contributed by atoms with Crippen LogP contribution >= 0.6 is 0 Å². The molecule has 2 rings (SSSR count). The summed E-state index contributed by atoms with van der Waals surface area (Å²) in [6.45, 7) is 32.1. The van der Waals surface area contributed by atoms with Gasteiger partial charge in [-0.2, -0.15) is 0 Å². The maximum atomic E-state index is 14.6. The molecule has 126 heavy (non-hydrogen) atoms. The molecule has 0 aliphatic carbocycles. The molecule has 42 nitrogen and oxygen atoms in total. The molecule has 1 fully saturated rings. The average Bonchev–Trinajstić information content (AvgIpc) is 1.56. The van der Waals surface area contributed by atoms with Crippen LogP contribution in [0.2, 0.25) is 0 Å². The monoisotopic (exact) mass is 1780 g/mol. The molecule has 1 aromatic rings. The second-order valence-electron chi connectivity index (χ2n) is 37.1. The van der Waals surface area contributed by atoms with Crippen LogP contribution in [0.5, 0.6) is 0 Å². The standard InChI is InChI=1S/C84H140N20O22/c1-25-84(24,103-74(124)82(20,21)97-61(111)47(8)88-63(113)55(43-106)94-70(120)78(12,13)96-48(9)107)75(125)93-52(34-36-58(86)109)64(114)98-79(14,15)72(122)95-60(46(6)7)68(118)101-77(10,11)69(119)87-41-59(110)90-53(38-44(2)3)65(115)100-83(22,23)76(126)104-37-29-32-56(104)67(117)91-54(39-45(4)5)66(116)99-81(18,19)73(123)102-80(16,17)71(121)92-51(33-35-57(85)108)62(112)89-50(42-105)40-49-30-27-26-28-31-49/h26-28,30-31,44-47,50-56,60,105-106H,25,29,32-43H2,1-24H3,(H2,85,108)(H2,86,109)(H,87,119)(H,88,113)(H,89,112)(H,90,110)(H,91,117)(H,92,121)(H,93,125)(H,94,120)(H,95,122)(H,96,107)(H,97,111)(H,98,114)(H,99,116)(H,100,115)(H,101,118)(H,102,123)(H,103,124)/t47-,50+,51-,52+,53+,54+,55+,56+,60-,84-/m1/s1. The first-order valence-electron chi connectivity index (χ1n) is 42.2. The van der Waals surface area contributed by atoms with Gasteiger partial charge in [-0.1, -0.05) is 78.8 Å². The number of likely N-dealkylation sites (tertiary alicyclic amines) is 1. The van der Waals surface area contributed by atoms with E-state index in [-0.39, 0.29) is 63.3 Å². The van der Waals surface area contributed by atoms with Gasteiger partial charge in [0.05, 0.1) is 25.8 Å². The van der Waals surface area contributed by atoms with Crippen molar-refractivity contribution in [3.8, 4) is 0 Å². The molecule has 42 heteroatoms. The predicted molar refractivity (Wildman–Crippen MR) is 462 cm³/mol. The van der Waals surface area contributed by atoms with Gasteiger partial charge in [0.25, 0.3) is 0 Å². The van der Waals surface area contributed by atoms with Gasteiger partial charge < -0.3 is 117 Å². The second-order valence-corrected chi connectivity index (χ2v) is 37.1. The molecule has 20 amide bonds. The van der Waals surface area contributed by atoms with E-state index in [1.165, 1.54) is 130 Å². The Balaban J connectivity index is 2.19. The third kappa shape index (κ3) is 34.8. The van der Waals surface area contributed by atoms with Crippen molar-refractivity contribution in [3.63, 3.8) is 0 Å². The summed E-state index contributed by atoms with van der Waals surface area (Å²) in [6.07, 6.45) is -0.738. The Morgan fingerprint density at radius 1 is 0.429 bits per heavy atom. The Labute approximate surface area is 736 Å². The van der Waals surface area contributed by atoms with E-state index in [1.807, 2.05) is 0 Å². The highest BCUT2D eigenvalue weighted by atomic mass is 16.3. The molecule has 1 aliphatic heterocycles. The Hall–Kier alpha value is -11.5. The van der Waals surface area contributed by atoms with Crippen LogP contribution in [0.15, 0.2) is 30.3 Å². The lowest BCUT2D eigenvalue weighted by molar-refractivity contribution is -0.145. The Bertz CT molecular complexity index is 4130. The van der Waals surface area contributed by atoms with E-state index in [1.54, 1.807) is 71.9 Å². The molecule has 0 aromatic heterocycles. The van der Waals surface area contributed by atoms with Crippen molar-refractivity contribution >= 4 is 118 Å². The van der Waals surface area contributed by atoms with Gasteiger partial charge in [-0.05, 0) is 185 Å². The average molecular weight is 1780 g/mol. The largest absolute Gasteiger partial charge is 0.394 e. The van der Waals surface area contributed by atoms with E-state index < -0.39 is 255 Å². The number of carbonyl (C=O) groups is 20. The number of amides is 20. The fraction of sp³-hybridized carbons (Fsp3) is 0.690. The number of hydrogen-bond donors (Lipinski definition) is 21. The minimum atomic E-state index is -1.91. The number of aliphatic hydroxyl groups excluding tert-OH is 2. The molecule has 0 saturated carbocycles. The fourth-order valence-electron chi connectivity index (χ4n) is 12.8. The maximum absolute atomic E-state index is 14.6. The molecule has 23 N–H and O–H groups in total. The lowest BCUT2D eigenvalue weighted by atomic mass is 9.93. The van der Waals surface area contributed by atoms with E-state index >= 15 is 0 Å². The summed E-state index contributed by atoms with van der Waals surface area (Å²) < 4.78 is 0. The molecule has 1 saturated heterocycles. The van der Waals surface area contributed by atoms with E-state index in [0.29, 0.717) is 6.42 Å². The van der Waals surface area contributed by atoms with Crippen LogP contribution in [0, 0.1) is 17.8 Å². The van der Waals surface area contributed by atoms with Gasteiger partial charge in [0.2, 0.25) is 118 Å². The number of hydrogen-bond acceptors (Lipinski definition) is 22. The van der Waals surface area contributed by atoms with Crippen molar-refractivity contribution in [2.45, 2.75) is 329 Å². The molecular weight excluding hydrogens is 1640 g/mol. The predicted octanol–water partition coefficient (Wildman–Crippen LogP) is -3.93. The van der Waals surface area contributed by atoms with Crippen LogP contribution in [0.1, 0.15) is 230 Å². The van der Waals surface area contributed by atoms with Crippen LogP contribution < -0.4 is 102 Å². The molecule has 0 bridgehead atoms. The first-order valence-corrected chi connectivity index (χ1v) is 42.2. The number of aliphatic hydroxyl groups is 2. The molecule has 0 unspecified atom stereocenters. The number of nitrogens with two attached hydrogens (primary N) is 2. The minimum absolute atomic E-state index is 0.0267. The number of primary amides is 2. The van der Waals surface area contributed by atoms with Crippen LogP contribution in [-0.4, -0.2) is 258 Å². The van der Waals surface area contributed by atoms with Crippen molar-refractivity contribution in [2.75, 3.05) is 26.3 Å². The first kappa shape index (κ1) is 111. The number of benzene rings is 1. The zero-order valence-electron chi connectivity index (χ0n) is 77.4. The van der Waals surface area contributed by atoms with Crippen LogP contribution in [0.3, 0.4) is 0 Å². The van der Waals surface area contributed by atoms with Crippen molar-refractivity contribution < 1.29 is 106 Å². The maximum Gasteiger partial charge on any atom is 0.248 e. The lowest BCUT2D eigenvalue weighted by Crippen LogP contribution is -2.67. The Morgan fingerprint density at radius 3 is 1.32 bits per heavy atom. The summed E-state index contributed by atoms with van der Waals surface area (Å²) in [4.78, 5) is 273. The SMILES string of the molecule is CC[C@@](C)(NC(=O)C(C)(C)NC(=O)[C@@H](C)NC(=O)[C@H](CO)NC(=O)C(C)(C)NC(C)=O)C(=O)N[C@@H](CCC(N)=O)C(=O)NC(C)(C)C(=O)N[C@@H](C(=O)NC(C)(C)C(=O)NCC(=O)N[C@@H](CC(C)C)C(=O)NC(C)(C)C(=O)N1CCC[C@H]1C(=O)N[C@@H](CC(C)C)C(=O)NC(C)(C)C(=O)NC(C)(C)C(=O)N[C@H](CCC(N)=O)C(=O)N[C@H](CO)Cc1ccccc1)C(C)C. The van der Waals surface area contributed by atoms with Crippen molar-refractivity contribution in [2.24, 2.45) is 29.2 Å². The Morgan fingerprint density at radius 2 is 0.841 bits per heavy atom. The Kier molecular flexibility index (Phi) is 41.4. The molecule has 708 valence electrons. The van der Waals surface area contributed by atoms with Crippen molar-refractivity contribution in [3.05, 3.63) is 35.9 Å². The normalized spacial score (nSPS) is 15.6. The second kappa shape index (κ2) is 47.2. The van der Waals surface area contributed by atoms with Crippen molar-refractivity contribution in [1.29, 1.82) is 0 Å². The summed E-state index contributed by atoms with van der Waals surface area (Å²) >= 11 is 0. The number of carbonyl (C=O) groups excluding carboxylic acids is 20. The molecule has 0 spiro atoms. The molecule has 1 aliphatic rings. The zero-order valence-corrected chi connectivity index (χ0v) is 77.4. The van der Waals surface area contributed by atoms with Gasteiger partial charge in [-0.3, -0.25) is 95.9 Å². The van der Waals surface area contributed by atoms with Crippen LogP contribution in [0.4, 0.5) is 0 Å². The minimum Gasteiger partial charge on any atom is -0.394 e. The van der Waals surface area contributed by atoms with Gasteiger partial charge in [0, 0.05) is 26.3 Å². The van der Waals surface area contributed by atoms with Gasteiger partial charge in [-0.15, -0.1) is 0 Å². The molecule has 1 aromatic carbocycles. The summed E-state index contributed by atoms with van der Waals surface area (Å²) in [5.74, 6) is -18.1. The van der Waals surface area contributed by atoms with E-state index in [4.69, 9.17) is 11.5 Å². The van der Waals surface area contributed by atoms with E-state index in [9.17, 15) is 106 Å². The van der Waals surface area contributed by atoms with Crippen LogP contribution in [0.25, 0.3) is 0 Å². The molecule has 10 atom stereocenters. The molecular formula is C84H140N20O22. The van der Waals surface area contributed by atoms with Gasteiger partial charge in [0.1, 0.15) is 92.6 Å². The van der Waals surface area contributed by atoms with Crippen molar-refractivity contribution in [1.82, 2.24) is 95.3 Å². The highest BCUT2D eigenvalue weighted by Crippen LogP contribution is 2.25. The number of nitrogens with zero attached hydrogens (tertiary/aromatic N) is 1. The third-order valence-electron chi connectivity index (χ3n) is 20.8. The van der Waals surface area contributed by atoms with Crippen LogP contribution in [-0.2, 0) is 102 Å². The highest BCUT2D eigenvalue weighted by molar-refractivity contribution is 6.04. The first-order chi connectivity index (χ1) is 57.7.